The molecule has 0 spiro atoms. The maximum absolute atomic E-state index is 11.2. The van der Waals surface area contributed by atoms with E-state index in [9.17, 15) is 4.79 Å². The molecule has 16 heavy (non-hydrogen) atoms. The first-order valence-corrected chi connectivity index (χ1v) is 5.95. The number of amides is 1. The molecular weight excluding hydrogens is 206 g/mol. The van der Waals surface area contributed by atoms with Gasteiger partial charge in [-0.25, -0.2) is 0 Å². The largest absolute Gasteiger partial charge is 0.381 e. The van der Waals surface area contributed by atoms with E-state index >= 15 is 0 Å². The number of nitrogens with one attached hydrogen (secondary N) is 1. The molecule has 0 aliphatic carbocycles. The number of nitrogens with zero attached hydrogens (tertiary/aromatic N) is 1. The van der Waals surface area contributed by atoms with Crippen LogP contribution in [-0.2, 0) is 9.53 Å². The zero-order valence-corrected chi connectivity index (χ0v) is 10.2. The maximum Gasteiger partial charge on any atom is 0.235 e. The van der Waals surface area contributed by atoms with Crippen molar-refractivity contribution in [1.82, 2.24) is 10.2 Å². The number of hydrogen-bond donors (Lipinski definition) is 2. The average Bonchev–Trinajstić information content (AvgIpc) is 2.29. The Hall–Kier alpha value is -0.650. The number of carbonyl (C=O) groups excluding carboxylic acids is 1. The van der Waals surface area contributed by atoms with E-state index in [1.54, 1.807) is 0 Å². The lowest BCUT2D eigenvalue weighted by molar-refractivity contribution is -0.120. The van der Waals surface area contributed by atoms with Gasteiger partial charge in [0.1, 0.15) is 0 Å². The first-order chi connectivity index (χ1) is 7.65. The van der Waals surface area contributed by atoms with Crippen LogP contribution in [0.5, 0.6) is 0 Å². The number of carbonyl (C=O) groups is 1. The smallest absolute Gasteiger partial charge is 0.235 e. The molecular formula is C11H23N3O2. The third-order valence-electron chi connectivity index (χ3n) is 3.08. The Kier molecular flexibility index (Phi) is 5.73. The lowest BCUT2D eigenvalue weighted by Gasteiger charge is -2.33. The molecule has 0 aromatic carbocycles. The maximum atomic E-state index is 11.2. The van der Waals surface area contributed by atoms with E-state index in [2.05, 4.69) is 10.2 Å². The normalized spacial score (nSPS) is 19.9. The third-order valence-corrected chi connectivity index (χ3v) is 3.08. The summed E-state index contributed by atoms with van der Waals surface area (Å²) >= 11 is 0. The van der Waals surface area contributed by atoms with Gasteiger partial charge in [0.05, 0.1) is 6.04 Å². The molecule has 1 aliphatic rings. The molecule has 0 saturated carbocycles. The molecule has 0 bridgehead atoms. The molecule has 1 atom stereocenters. The van der Waals surface area contributed by atoms with Crippen LogP contribution in [0.2, 0.25) is 0 Å². The SMILES string of the molecule is CCNC(CN(C)C1CCOCC1)C(N)=O. The van der Waals surface area contributed by atoms with Crippen molar-refractivity contribution in [3.05, 3.63) is 0 Å². The molecule has 1 rings (SSSR count). The molecule has 1 amide bonds. The van der Waals surface area contributed by atoms with Gasteiger partial charge in [-0.1, -0.05) is 6.92 Å². The predicted molar refractivity (Wildman–Crippen MR) is 63.1 cm³/mol. The first-order valence-electron chi connectivity index (χ1n) is 5.95. The van der Waals surface area contributed by atoms with E-state index in [1.807, 2.05) is 14.0 Å². The quantitative estimate of drug-likeness (QED) is 0.648. The fraction of sp³-hybridized carbons (Fsp3) is 0.909. The van der Waals surface area contributed by atoms with E-state index in [4.69, 9.17) is 10.5 Å². The number of primary amides is 1. The van der Waals surface area contributed by atoms with Crippen molar-refractivity contribution in [2.45, 2.75) is 31.8 Å². The Bertz CT molecular complexity index is 217. The predicted octanol–water partition coefficient (Wildman–Crippen LogP) is -0.439. The summed E-state index contributed by atoms with van der Waals surface area (Å²) in [6.07, 6.45) is 2.07. The van der Waals surface area contributed by atoms with Crippen LogP contribution in [0.1, 0.15) is 19.8 Å². The Morgan fingerprint density at radius 3 is 2.69 bits per heavy atom. The van der Waals surface area contributed by atoms with E-state index in [-0.39, 0.29) is 11.9 Å². The van der Waals surface area contributed by atoms with Crippen LogP contribution in [0.3, 0.4) is 0 Å². The van der Waals surface area contributed by atoms with Gasteiger partial charge >= 0.3 is 0 Å². The second-order valence-electron chi connectivity index (χ2n) is 4.30. The third kappa shape index (κ3) is 4.08. The second kappa shape index (κ2) is 6.83. The van der Waals surface area contributed by atoms with Gasteiger partial charge in [-0.15, -0.1) is 0 Å². The highest BCUT2D eigenvalue weighted by atomic mass is 16.5. The second-order valence-corrected chi connectivity index (χ2v) is 4.30. The zero-order chi connectivity index (χ0) is 12.0. The summed E-state index contributed by atoms with van der Waals surface area (Å²) in [5.74, 6) is -0.277. The van der Waals surface area contributed by atoms with Crippen LogP contribution in [0.25, 0.3) is 0 Å². The Balaban J connectivity index is 2.39. The number of ether oxygens (including phenoxy) is 1. The van der Waals surface area contributed by atoms with Crippen LogP contribution < -0.4 is 11.1 Å². The summed E-state index contributed by atoms with van der Waals surface area (Å²) in [5.41, 5.74) is 5.35. The standard InChI is InChI=1S/C11H23N3O2/c1-3-13-10(11(12)15)8-14(2)9-4-6-16-7-5-9/h9-10,13H,3-8H2,1-2H3,(H2,12,15). The Labute approximate surface area is 97.3 Å². The minimum Gasteiger partial charge on any atom is -0.381 e. The minimum atomic E-state index is -0.277. The average molecular weight is 229 g/mol. The number of nitrogens with two attached hydrogens (primary N) is 1. The fourth-order valence-corrected chi connectivity index (χ4v) is 2.06. The molecule has 0 aromatic rings. The molecule has 1 unspecified atom stereocenters. The van der Waals surface area contributed by atoms with E-state index in [0.717, 1.165) is 32.6 Å². The number of rotatable bonds is 6. The molecule has 5 heteroatoms. The van der Waals surface area contributed by atoms with Crippen molar-refractivity contribution in [3.63, 3.8) is 0 Å². The van der Waals surface area contributed by atoms with Gasteiger partial charge in [0.15, 0.2) is 0 Å². The van der Waals surface area contributed by atoms with Crippen LogP contribution in [0.4, 0.5) is 0 Å². The lowest BCUT2D eigenvalue weighted by Crippen LogP contribution is -2.51. The van der Waals surface area contributed by atoms with Crippen LogP contribution in [0.15, 0.2) is 0 Å². The van der Waals surface area contributed by atoms with E-state index < -0.39 is 0 Å². The zero-order valence-electron chi connectivity index (χ0n) is 10.2. The van der Waals surface area contributed by atoms with E-state index in [1.165, 1.54) is 0 Å². The fourth-order valence-electron chi connectivity index (χ4n) is 2.06. The highest BCUT2D eigenvalue weighted by Gasteiger charge is 2.23. The molecule has 1 aliphatic heterocycles. The van der Waals surface area contributed by atoms with Crippen molar-refractivity contribution in [2.75, 3.05) is 33.4 Å². The van der Waals surface area contributed by atoms with Crippen molar-refractivity contribution in [2.24, 2.45) is 5.73 Å². The summed E-state index contributed by atoms with van der Waals surface area (Å²) < 4.78 is 5.32. The molecule has 1 saturated heterocycles. The van der Waals surface area contributed by atoms with Crippen molar-refractivity contribution in [1.29, 1.82) is 0 Å². The first kappa shape index (κ1) is 13.4. The van der Waals surface area contributed by atoms with Gasteiger partial charge in [-0.2, -0.15) is 0 Å². The van der Waals surface area contributed by atoms with Gasteiger partial charge in [0, 0.05) is 25.8 Å². The van der Waals surface area contributed by atoms with Crippen molar-refractivity contribution < 1.29 is 9.53 Å². The van der Waals surface area contributed by atoms with Crippen LogP contribution >= 0.6 is 0 Å². The minimum absolute atomic E-state index is 0.252. The molecule has 0 radical (unpaired) electrons. The Morgan fingerprint density at radius 2 is 2.19 bits per heavy atom. The molecule has 94 valence electrons. The highest BCUT2D eigenvalue weighted by Crippen LogP contribution is 2.12. The molecule has 1 fully saturated rings. The molecule has 5 nitrogen and oxygen atoms in total. The Morgan fingerprint density at radius 1 is 1.56 bits per heavy atom. The number of likely N-dealkylation sites (N-methyl/N-ethyl adjacent to an activating group) is 2. The molecule has 1 heterocycles. The van der Waals surface area contributed by atoms with Crippen molar-refractivity contribution >= 4 is 5.91 Å². The monoisotopic (exact) mass is 229 g/mol. The summed E-state index contributed by atoms with van der Waals surface area (Å²) in [5, 5.41) is 3.10. The summed E-state index contributed by atoms with van der Waals surface area (Å²) in [6, 6.07) is 0.257. The van der Waals surface area contributed by atoms with Gasteiger partial charge in [-0.05, 0) is 26.4 Å². The van der Waals surface area contributed by atoms with Gasteiger partial charge in [-0.3, -0.25) is 4.79 Å². The molecule has 3 N–H and O–H groups in total. The molecule has 0 aromatic heterocycles. The summed E-state index contributed by atoms with van der Waals surface area (Å²) in [4.78, 5) is 13.4. The topological polar surface area (TPSA) is 67.6 Å². The van der Waals surface area contributed by atoms with Gasteiger partial charge in [0.25, 0.3) is 0 Å². The van der Waals surface area contributed by atoms with Crippen LogP contribution in [-0.4, -0.2) is 56.2 Å². The van der Waals surface area contributed by atoms with Crippen LogP contribution in [0, 0.1) is 0 Å². The number of hydrogen-bond acceptors (Lipinski definition) is 4. The summed E-state index contributed by atoms with van der Waals surface area (Å²) in [6.45, 7) is 5.04. The summed E-state index contributed by atoms with van der Waals surface area (Å²) in [7, 11) is 2.04. The van der Waals surface area contributed by atoms with Gasteiger partial charge in [0.2, 0.25) is 5.91 Å². The highest BCUT2D eigenvalue weighted by molar-refractivity contribution is 5.80. The lowest BCUT2D eigenvalue weighted by atomic mass is 10.1. The van der Waals surface area contributed by atoms with E-state index in [0.29, 0.717) is 12.6 Å². The van der Waals surface area contributed by atoms with Crippen molar-refractivity contribution in [3.8, 4) is 0 Å². The van der Waals surface area contributed by atoms with Gasteiger partial charge < -0.3 is 20.7 Å².